The molecular formula is C12H30O6S4Si2. The molecular weight excluding hydrogens is 425 g/mol. The molecule has 2 unspecified atom stereocenters. The zero-order valence-electron chi connectivity index (χ0n) is 15.7. The highest BCUT2D eigenvalue weighted by Gasteiger charge is 2.47. The first-order valence-corrected chi connectivity index (χ1v) is 16.1. The third-order valence-corrected chi connectivity index (χ3v) is 18.9. The first kappa shape index (κ1) is 25.6. The molecule has 0 N–H and O–H groups in total. The summed E-state index contributed by atoms with van der Waals surface area (Å²) in [5, 5.41) is 0. The maximum absolute atomic E-state index is 5.78. The molecule has 0 aliphatic rings. The van der Waals surface area contributed by atoms with Crippen LogP contribution < -0.4 is 0 Å². The normalized spacial score (nSPS) is 15.5. The molecule has 0 heterocycles. The fourth-order valence-electron chi connectivity index (χ4n) is 1.97. The molecule has 2 atom stereocenters. The van der Waals surface area contributed by atoms with Gasteiger partial charge in [0.05, 0.1) is 9.75 Å². The fraction of sp³-hybridized carbons (Fsp3) is 1.00. The van der Waals surface area contributed by atoms with E-state index in [0.717, 1.165) is 0 Å². The molecule has 0 aliphatic heterocycles. The van der Waals surface area contributed by atoms with Crippen molar-refractivity contribution in [1.29, 1.82) is 0 Å². The highest BCUT2D eigenvalue weighted by atomic mass is 33.7. The Hall–Kier alpha value is 1.59. The van der Waals surface area contributed by atoms with E-state index in [1.165, 1.54) is 0 Å². The molecule has 0 spiro atoms. The third-order valence-electron chi connectivity index (χ3n) is 3.22. The maximum Gasteiger partial charge on any atom is 0.514 e. The van der Waals surface area contributed by atoms with E-state index in [-0.39, 0.29) is 9.75 Å². The third kappa shape index (κ3) is 7.31. The van der Waals surface area contributed by atoms with Gasteiger partial charge in [0.1, 0.15) is 0 Å². The van der Waals surface area contributed by atoms with Gasteiger partial charge in [-0.3, -0.25) is 0 Å². The summed E-state index contributed by atoms with van der Waals surface area (Å²) in [6.45, 7) is 9.20. The maximum atomic E-state index is 5.78. The molecule has 0 saturated carbocycles. The van der Waals surface area contributed by atoms with Gasteiger partial charge in [-0.2, -0.15) is 0 Å². The topological polar surface area (TPSA) is 55.4 Å². The Morgan fingerprint density at radius 3 is 1.17 bits per heavy atom. The van der Waals surface area contributed by atoms with Gasteiger partial charge in [-0.25, -0.2) is 0 Å². The Morgan fingerprint density at radius 2 is 0.958 bits per heavy atom. The van der Waals surface area contributed by atoms with Crippen LogP contribution in [-0.4, -0.2) is 69.0 Å². The van der Waals surface area contributed by atoms with Gasteiger partial charge >= 0.3 is 17.6 Å². The van der Waals surface area contributed by atoms with Crippen molar-refractivity contribution < 1.29 is 26.6 Å². The molecule has 12 heteroatoms. The lowest BCUT2D eigenvalue weighted by Crippen LogP contribution is -2.52. The molecule has 0 rings (SSSR count). The monoisotopic (exact) mass is 454 g/mol. The van der Waals surface area contributed by atoms with Crippen LogP contribution in [0.15, 0.2) is 0 Å². The van der Waals surface area contributed by atoms with Crippen LogP contribution in [-0.2, 0) is 26.6 Å². The van der Waals surface area contributed by atoms with Crippen molar-refractivity contribution in [3.63, 3.8) is 0 Å². The molecule has 0 aromatic heterocycles. The van der Waals surface area contributed by atoms with Crippen LogP contribution in [0.1, 0.15) is 27.7 Å². The number of hydrogen-bond donors (Lipinski definition) is 0. The van der Waals surface area contributed by atoms with Crippen LogP contribution in [0.3, 0.4) is 0 Å². The van der Waals surface area contributed by atoms with Crippen LogP contribution in [0.25, 0.3) is 0 Å². The van der Waals surface area contributed by atoms with Crippen molar-refractivity contribution in [2.24, 2.45) is 0 Å². The molecule has 0 amide bonds. The molecule has 24 heavy (non-hydrogen) atoms. The lowest BCUT2D eigenvalue weighted by Gasteiger charge is -2.31. The Labute approximate surface area is 164 Å². The van der Waals surface area contributed by atoms with Gasteiger partial charge in [-0.05, 0) is 47.3 Å². The average molecular weight is 455 g/mol. The number of hydrogen-bond acceptors (Lipinski definition) is 10. The minimum absolute atomic E-state index is 0.125. The SMILES string of the molecule is CCO[Si](OC)(OC)C(C)SSSSC(C)[Si](OC)(OC)OCC. The Bertz CT molecular complexity index is 294. The van der Waals surface area contributed by atoms with E-state index < -0.39 is 17.6 Å². The van der Waals surface area contributed by atoms with E-state index in [2.05, 4.69) is 13.8 Å². The Morgan fingerprint density at radius 1 is 0.667 bits per heavy atom. The predicted molar refractivity (Wildman–Crippen MR) is 112 cm³/mol. The zero-order chi connectivity index (χ0) is 18.6. The van der Waals surface area contributed by atoms with Gasteiger partial charge in [0.2, 0.25) is 0 Å². The highest BCUT2D eigenvalue weighted by molar-refractivity contribution is 9.26. The molecule has 0 aromatic carbocycles. The molecule has 0 aromatic rings. The van der Waals surface area contributed by atoms with E-state index in [1.807, 2.05) is 13.8 Å². The van der Waals surface area contributed by atoms with Crippen LogP contribution >= 0.6 is 41.2 Å². The fourth-order valence-corrected chi connectivity index (χ4v) is 17.8. The first-order valence-electron chi connectivity index (χ1n) is 7.55. The summed E-state index contributed by atoms with van der Waals surface area (Å²) >= 11 is 0. The number of rotatable bonds is 15. The van der Waals surface area contributed by atoms with Gasteiger partial charge < -0.3 is 26.6 Å². The summed E-state index contributed by atoms with van der Waals surface area (Å²) in [5.41, 5.74) is 0. The van der Waals surface area contributed by atoms with E-state index in [0.29, 0.717) is 13.2 Å². The summed E-state index contributed by atoms with van der Waals surface area (Å²) in [7, 11) is 8.06. The second-order valence-electron chi connectivity index (χ2n) is 4.50. The summed E-state index contributed by atoms with van der Waals surface area (Å²) in [6, 6.07) is 0. The van der Waals surface area contributed by atoms with Crippen LogP contribution in [0.2, 0.25) is 0 Å². The van der Waals surface area contributed by atoms with Crippen molar-refractivity contribution in [3.05, 3.63) is 0 Å². The molecule has 6 nitrogen and oxygen atoms in total. The minimum atomic E-state index is -2.63. The van der Waals surface area contributed by atoms with Gasteiger partial charge in [-0.15, -0.1) is 0 Å². The summed E-state index contributed by atoms with van der Waals surface area (Å²) in [5.74, 6) is 0. The lowest BCUT2D eigenvalue weighted by atomic mass is 10.9. The quantitative estimate of drug-likeness (QED) is 0.206. The van der Waals surface area contributed by atoms with E-state index >= 15 is 0 Å². The van der Waals surface area contributed by atoms with Crippen molar-refractivity contribution in [3.8, 4) is 0 Å². The molecule has 146 valence electrons. The predicted octanol–water partition coefficient (Wildman–Crippen LogP) is 4.06. The molecule has 0 fully saturated rings. The zero-order valence-corrected chi connectivity index (χ0v) is 20.9. The van der Waals surface area contributed by atoms with Crippen molar-refractivity contribution in [2.45, 2.75) is 37.4 Å². The molecule has 0 saturated heterocycles. The van der Waals surface area contributed by atoms with Crippen molar-refractivity contribution in [1.82, 2.24) is 0 Å². The summed E-state index contributed by atoms with van der Waals surface area (Å²) in [6.07, 6.45) is 0. The Kier molecular flexibility index (Phi) is 14.6. The summed E-state index contributed by atoms with van der Waals surface area (Å²) in [4.78, 5) is 0.249. The van der Waals surface area contributed by atoms with Crippen LogP contribution in [0.4, 0.5) is 0 Å². The largest absolute Gasteiger partial charge is 0.514 e. The van der Waals surface area contributed by atoms with Crippen molar-refractivity contribution in [2.75, 3.05) is 41.7 Å². The lowest BCUT2D eigenvalue weighted by molar-refractivity contribution is 0.103. The second-order valence-corrected chi connectivity index (χ2v) is 18.2. The van der Waals surface area contributed by atoms with Gasteiger partial charge in [0, 0.05) is 41.7 Å². The Balaban J connectivity index is 4.45. The first-order chi connectivity index (χ1) is 11.4. The summed E-state index contributed by atoms with van der Waals surface area (Å²) < 4.78 is 33.9. The van der Waals surface area contributed by atoms with Crippen molar-refractivity contribution >= 4 is 58.8 Å². The van der Waals surface area contributed by atoms with Crippen LogP contribution in [0.5, 0.6) is 0 Å². The van der Waals surface area contributed by atoms with Gasteiger partial charge in [0.15, 0.2) is 0 Å². The van der Waals surface area contributed by atoms with Gasteiger partial charge in [0.25, 0.3) is 0 Å². The van der Waals surface area contributed by atoms with E-state index in [1.54, 1.807) is 69.7 Å². The smallest absolute Gasteiger partial charge is 0.376 e. The van der Waals surface area contributed by atoms with E-state index in [9.17, 15) is 0 Å². The molecule has 0 bridgehead atoms. The molecule has 0 radical (unpaired) electrons. The minimum Gasteiger partial charge on any atom is -0.376 e. The molecule has 0 aliphatic carbocycles. The van der Waals surface area contributed by atoms with Crippen LogP contribution in [0, 0.1) is 0 Å². The standard InChI is InChI=1S/C12H30O6S4Si2/c1-9-17-23(13-5,14-6)11(3)19-21-22-20-12(4)24(15-7,16-8)18-10-2/h11-12H,9-10H2,1-8H3. The highest BCUT2D eigenvalue weighted by Crippen LogP contribution is 2.49. The van der Waals surface area contributed by atoms with E-state index in [4.69, 9.17) is 26.6 Å². The average Bonchev–Trinajstić information content (AvgIpc) is 2.61. The van der Waals surface area contributed by atoms with Gasteiger partial charge in [-0.1, -0.05) is 21.6 Å². The second kappa shape index (κ2) is 13.7.